The van der Waals surface area contributed by atoms with Gasteiger partial charge in [0.25, 0.3) is 0 Å². The van der Waals surface area contributed by atoms with E-state index in [0.29, 0.717) is 12.2 Å². The Morgan fingerprint density at radius 1 is 1.24 bits per heavy atom. The van der Waals surface area contributed by atoms with Crippen molar-refractivity contribution in [1.29, 1.82) is 0 Å². The molecule has 0 amide bonds. The van der Waals surface area contributed by atoms with Crippen molar-refractivity contribution >= 4 is 21.9 Å². The van der Waals surface area contributed by atoms with Gasteiger partial charge in [0, 0.05) is 4.48 Å². The maximum Gasteiger partial charge on any atom is 0.337 e. The van der Waals surface area contributed by atoms with E-state index >= 15 is 0 Å². The summed E-state index contributed by atoms with van der Waals surface area (Å²) in [5.74, 6) is -0.312. The van der Waals surface area contributed by atoms with Crippen LogP contribution in [0.5, 0.6) is 0 Å². The summed E-state index contributed by atoms with van der Waals surface area (Å²) in [4.78, 5) is 11.4. The van der Waals surface area contributed by atoms with Crippen molar-refractivity contribution in [3.63, 3.8) is 0 Å². The van der Waals surface area contributed by atoms with Crippen LogP contribution in [-0.4, -0.2) is 19.2 Å². The Morgan fingerprint density at radius 3 is 2.71 bits per heavy atom. The normalized spacial score (nSPS) is 21.8. The van der Waals surface area contributed by atoms with E-state index in [2.05, 4.69) is 26.7 Å². The van der Waals surface area contributed by atoms with Gasteiger partial charge in [0.1, 0.15) is 0 Å². The summed E-state index contributed by atoms with van der Waals surface area (Å²) >= 11 is 3.63. The van der Waals surface area contributed by atoms with Gasteiger partial charge < -0.3 is 9.47 Å². The van der Waals surface area contributed by atoms with E-state index in [1.54, 1.807) is 12.1 Å². The molecule has 0 aliphatic heterocycles. The molecule has 1 aliphatic carbocycles. The van der Waals surface area contributed by atoms with Crippen molar-refractivity contribution in [3.05, 3.63) is 46.0 Å². The molecule has 0 spiro atoms. The molecule has 1 unspecified atom stereocenters. The molecule has 1 aromatic carbocycles. The summed E-state index contributed by atoms with van der Waals surface area (Å²) in [5, 5.41) is 0. The summed E-state index contributed by atoms with van der Waals surface area (Å²) < 4.78 is 11.9. The van der Waals surface area contributed by atoms with Gasteiger partial charge in [0.05, 0.1) is 25.4 Å². The van der Waals surface area contributed by atoms with Crippen LogP contribution in [0, 0.1) is 0 Å². The highest BCUT2D eigenvalue weighted by Gasteiger charge is 2.14. The van der Waals surface area contributed by atoms with E-state index < -0.39 is 0 Å². The second kappa shape index (κ2) is 8.35. The quantitative estimate of drug-likeness (QED) is 0.742. The lowest BCUT2D eigenvalue weighted by molar-refractivity contribution is 0.0595. The van der Waals surface area contributed by atoms with Gasteiger partial charge in [0.15, 0.2) is 0 Å². The van der Waals surface area contributed by atoms with Crippen molar-refractivity contribution < 1.29 is 14.3 Å². The third-order valence-electron chi connectivity index (χ3n) is 3.64. The summed E-state index contributed by atoms with van der Waals surface area (Å²) in [6.45, 7) is 0.551. The van der Waals surface area contributed by atoms with Crippen LogP contribution < -0.4 is 0 Å². The fourth-order valence-corrected chi connectivity index (χ4v) is 2.96. The first-order chi connectivity index (χ1) is 10.2. The van der Waals surface area contributed by atoms with Crippen LogP contribution >= 0.6 is 15.9 Å². The minimum atomic E-state index is -0.312. The van der Waals surface area contributed by atoms with E-state index in [1.807, 2.05) is 12.1 Å². The highest BCUT2D eigenvalue weighted by molar-refractivity contribution is 9.11. The fourth-order valence-electron chi connectivity index (χ4n) is 2.37. The first kappa shape index (κ1) is 16.2. The van der Waals surface area contributed by atoms with Gasteiger partial charge in [-0.05, 0) is 37.0 Å². The Kier molecular flexibility index (Phi) is 6.46. The maximum absolute atomic E-state index is 11.4. The lowest BCUT2D eigenvalue weighted by Crippen LogP contribution is -2.14. The Morgan fingerprint density at radius 2 is 2.00 bits per heavy atom. The molecular formula is C17H21BrO3. The van der Waals surface area contributed by atoms with Crippen LogP contribution in [0.1, 0.15) is 48.0 Å². The van der Waals surface area contributed by atoms with Crippen LogP contribution in [0.3, 0.4) is 0 Å². The average Bonchev–Trinajstić information content (AvgIpc) is 2.50. The number of benzene rings is 1. The third kappa shape index (κ3) is 4.97. The Labute approximate surface area is 134 Å². The molecule has 0 fully saturated rings. The number of allylic oxidation sites excluding steroid dienone is 1. The van der Waals surface area contributed by atoms with E-state index in [0.717, 1.165) is 22.9 Å². The second-order valence-electron chi connectivity index (χ2n) is 5.22. The number of rotatable bonds is 4. The molecule has 1 atom stereocenters. The van der Waals surface area contributed by atoms with Crippen LogP contribution in [0.15, 0.2) is 34.8 Å². The standard InChI is InChI=1S/C17H21BrO3/c1-20-17(19)14-10-8-13(9-11-14)12-21-16-7-5-3-2-4-6-15(16)18/h6,8-11,16H,2-5,7,12H2,1H3/b15-6-. The summed E-state index contributed by atoms with van der Waals surface area (Å²) in [7, 11) is 1.39. The topological polar surface area (TPSA) is 35.5 Å². The van der Waals surface area contributed by atoms with Crippen molar-refractivity contribution in [2.45, 2.75) is 44.8 Å². The Bertz CT molecular complexity index is 493. The lowest BCUT2D eigenvalue weighted by Gasteiger charge is -2.19. The molecule has 0 bridgehead atoms. The number of carbonyl (C=O) groups excluding carboxylic acids is 1. The van der Waals surface area contributed by atoms with E-state index in [1.165, 1.54) is 26.4 Å². The van der Waals surface area contributed by atoms with Crippen molar-refractivity contribution in [2.24, 2.45) is 0 Å². The zero-order valence-corrected chi connectivity index (χ0v) is 13.9. The second-order valence-corrected chi connectivity index (χ2v) is 6.13. The first-order valence-electron chi connectivity index (χ1n) is 7.35. The zero-order chi connectivity index (χ0) is 15.1. The molecule has 0 radical (unpaired) electrons. The molecule has 2 rings (SSSR count). The molecule has 1 aromatic rings. The summed E-state index contributed by atoms with van der Waals surface area (Å²) in [6.07, 6.45) is 8.27. The highest BCUT2D eigenvalue weighted by Crippen LogP contribution is 2.25. The molecule has 3 nitrogen and oxygen atoms in total. The van der Waals surface area contributed by atoms with Crippen LogP contribution in [-0.2, 0) is 16.1 Å². The monoisotopic (exact) mass is 352 g/mol. The molecule has 1 aliphatic rings. The number of carbonyl (C=O) groups is 1. The summed E-state index contributed by atoms with van der Waals surface area (Å²) in [5.41, 5.74) is 1.62. The average molecular weight is 353 g/mol. The number of methoxy groups -OCH3 is 1. The largest absolute Gasteiger partial charge is 0.465 e. The maximum atomic E-state index is 11.4. The van der Waals surface area contributed by atoms with Gasteiger partial charge in [-0.3, -0.25) is 0 Å². The molecular weight excluding hydrogens is 332 g/mol. The number of ether oxygens (including phenoxy) is 2. The van der Waals surface area contributed by atoms with Crippen LogP contribution in [0.25, 0.3) is 0 Å². The molecule has 0 heterocycles. The molecule has 0 saturated carbocycles. The number of esters is 1. The molecule has 114 valence electrons. The van der Waals surface area contributed by atoms with Crippen LogP contribution in [0.2, 0.25) is 0 Å². The van der Waals surface area contributed by atoms with Gasteiger partial charge in [0.2, 0.25) is 0 Å². The van der Waals surface area contributed by atoms with Crippen LogP contribution in [0.4, 0.5) is 0 Å². The predicted octanol–water partition coefficient (Wildman–Crippen LogP) is 4.60. The minimum Gasteiger partial charge on any atom is -0.465 e. The molecule has 21 heavy (non-hydrogen) atoms. The third-order valence-corrected chi connectivity index (χ3v) is 4.48. The molecule has 0 aromatic heterocycles. The van der Waals surface area contributed by atoms with Crippen molar-refractivity contribution in [2.75, 3.05) is 7.11 Å². The Balaban J connectivity index is 1.92. The van der Waals surface area contributed by atoms with Gasteiger partial charge in [-0.15, -0.1) is 0 Å². The van der Waals surface area contributed by atoms with Gasteiger partial charge >= 0.3 is 5.97 Å². The molecule has 0 N–H and O–H groups in total. The van der Waals surface area contributed by atoms with Gasteiger partial charge in [-0.2, -0.15) is 0 Å². The smallest absolute Gasteiger partial charge is 0.337 e. The van der Waals surface area contributed by atoms with Crippen molar-refractivity contribution in [3.8, 4) is 0 Å². The fraction of sp³-hybridized carbons (Fsp3) is 0.471. The number of hydrogen-bond donors (Lipinski definition) is 0. The predicted molar refractivity (Wildman–Crippen MR) is 86.5 cm³/mol. The molecule has 4 heteroatoms. The number of halogens is 1. The Hall–Kier alpha value is -1.13. The zero-order valence-electron chi connectivity index (χ0n) is 12.3. The van der Waals surface area contributed by atoms with Gasteiger partial charge in [-0.1, -0.05) is 47.0 Å². The van der Waals surface area contributed by atoms with E-state index in [4.69, 9.17) is 4.74 Å². The highest BCUT2D eigenvalue weighted by atomic mass is 79.9. The van der Waals surface area contributed by atoms with E-state index in [9.17, 15) is 4.79 Å². The van der Waals surface area contributed by atoms with Gasteiger partial charge in [-0.25, -0.2) is 4.79 Å². The summed E-state index contributed by atoms with van der Waals surface area (Å²) in [6, 6.07) is 7.36. The SMILES string of the molecule is COC(=O)c1ccc(COC2CCCCC/C=C/2Br)cc1. The molecule has 0 saturated heterocycles. The minimum absolute atomic E-state index is 0.144. The first-order valence-corrected chi connectivity index (χ1v) is 8.14. The lowest BCUT2D eigenvalue weighted by atomic mass is 10.0. The van der Waals surface area contributed by atoms with Crippen molar-refractivity contribution in [1.82, 2.24) is 0 Å². The van der Waals surface area contributed by atoms with E-state index in [-0.39, 0.29) is 12.1 Å². The number of hydrogen-bond acceptors (Lipinski definition) is 3.